The molecule has 0 saturated carbocycles. The topological polar surface area (TPSA) is 15.3 Å². The number of nitrogens with one attached hydrogen (secondary N) is 1. The van der Waals surface area contributed by atoms with Crippen molar-refractivity contribution in [1.29, 1.82) is 0 Å². The summed E-state index contributed by atoms with van der Waals surface area (Å²) in [6.45, 7) is 8.42. The van der Waals surface area contributed by atoms with E-state index in [0.29, 0.717) is 5.92 Å². The molecule has 0 saturated heterocycles. The molecule has 2 nitrogen and oxygen atoms in total. The Morgan fingerprint density at radius 1 is 1.47 bits per heavy atom. The van der Waals surface area contributed by atoms with E-state index in [1.807, 2.05) is 6.07 Å². The van der Waals surface area contributed by atoms with Crippen LogP contribution in [0.1, 0.15) is 19.4 Å². The Morgan fingerprint density at radius 3 is 3.06 bits per heavy atom. The predicted molar refractivity (Wildman–Crippen MR) is 70.0 cm³/mol. The third-order valence-electron chi connectivity index (χ3n) is 3.31. The van der Waals surface area contributed by atoms with Crippen LogP contribution in [0.5, 0.6) is 0 Å². The van der Waals surface area contributed by atoms with E-state index in [4.69, 9.17) is 0 Å². The van der Waals surface area contributed by atoms with Crippen molar-refractivity contribution < 1.29 is 4.39 Å². The fourth-order valence-electron chi connectivity index (χ4n) is 2.44. The first-order chi connectivity index (χ1) is 8.20. The smallest absolute Gasteiger partial charge is 0.125 e. The van der Waals surface area contributed by atoms with Crippen LogP contribution in [0, 0.1) is 11.7 Å². The van der Waals surface area contributed by atoms with Crippen molar-refractivity contribution in [1.82, 2.24) is 5.32 Å². The highest BCUT2D eigenvalue weighted by molar-refractivity contribution is 5.58. The minimum Gasteiger partial charge on any atom is -0.371 e. The van der Waals surface area contributed by atoms with E-state index in [1.165, 1.54) is 5.56 Å². The highest BCUT2D eigenvalue weighted by Crippen LogP contribution is 2.29. The van der Waals surface area contributed by atoms with Crippen LogP contribution in [0.2, 0.25) is 0 Å². The molecule has 1 heterocycles. The molecule has 3 heteroatoms. The van der Waals surface area contributed by atoms with Gasteiger partial charge in [0, 0.05) is 18.8 Å². The van der Waals surface area contributed by atoms with Gasteiger partial charge in [0.2, 0.25) is 0 Å². The van der Waals surface area contributed by atoms with E-state index in [2.05, 4.69) is 24.1 Å². The zero-order valence-electron chi connectivity index (χ0n) is 10.7. The first-order valence-electron chi connectivity index (χ1n) is 6.44. The molecular weight excluding hydrogens is 215 g/mol. The summed E-state index contributed by atoms with van der Waals surface area (Å²) >= 11 is 0. The first kappa shape index (κ1) is 12.4. The summed E-state index contributed by atoms with van der Waals surface area (Å²) in [5.74, 6) is 0.458. The van der Waals surface area contributed by atoms with Crippen LogP contribution in [0.15, 0.2) is 18.2 Å². The van der Waals surface area contributed by atoms with Gasteiger partial charge in [0.05, 0.1) is 0 Å². The van der Waals surface area contributed by atoms with Gasteiger partial charge >= 0.3 is 0 Å². The molecule has 1 unspecified atom stereocenters. The molecule has 17 heavy (non-hydrogen) atoms. The number of nitrogens with zero attached hydrogens (tertiary/aromatic N) is 1. The summed E-state index contributed by atoms with van der Waals surface area (Å²) in [6, 6.07) is 5.15. The standard InChI is InChI=1S/C14H21FN2/c1-3-16-9-11(2)10-17-7-6-12-4-5-13(15)8-14(12)17/h4-5,8,11,16H,3,6-7,9-10H2,1-2H3. The molecule has 1 aromatic rings. The van der Waals surface area contributed by atoms with Crippen LogP contribution in [-0.2, 0) is 6.42 Å². The minimum atomic E-state index is -0.130. The van der Waals surface area contributed by atoms with Crippen molar-refractivity contribution in [3.05, 3.63) is 29.6 Å². The van der Waals surface area contributed by atoms with Gasteiger partial charge in [0.25, 0.3) is 0 Å². The Morgan fingerprint density at radius 2 is 2.29 bits per heavy atom. The average molecular weight is 236 g/mol. The SMILES string of the molecule is CCNCC(C)CN1CCc2ccc(F)cc21. The molecule has 94 valence electrons. The zero-order chi connectivity index (χ0) is 12.3. The third kappa shape index (κ3) is 2.97. The lowest BCUT2D eigenvalue weighted by Gasteiger charge is -2.23. The normalized spacial score (nSPS) is 16.1. The van der Waals surface area contributed by atoms with E-state index >= 15 is 0 Å². The zero-order valence-corrected chi connectivity index (χ0v) is 10.7. The second-order valence-corrected chi connectivity index (χ2v) is 4.88. The highest BCUT2D eigenvalue weighted by atomic mass is 19.1. The van der Waals surface area contributed by atoms with E-state index < -0.39 is 0 Å². The molecule has 1 N–H and O–H groups in total. The third-order valence-corrected chi connectivity index (χ3v) is 3.31. The van der Waals surface area contributed by atoms with E-state index in [0.717, 1.165) is 38.3 Å². The number of hydrogen-bond acceptors (Lipinski definition) is 2. The van der Waals surface area contributed by atoms with Crippen molar-refractivity contribution in [2.45, 2.75) is 20.3 Å². The molecule has 0 bridgehead atoms. The fraction of sp³-hybridized carbons (Fsp3) is 0.571. The second-order valence-electron chi connectivity index (χ2n) is 4.88. The lowest BCUT2D eigenvalue weighted by atomic mass is 10.1. The molecule has 0 spiro atoms. The van der Waals surface area contributed by atoms with Gasteiger partial charge < -0.3 is 10.2 Å². The Hall–Kier alpha value is -1.09. The van der Waals surface area contributed by atoms with Crippen molar-refractivity contribution in [3.63, 3.8) is 0 Å². The summed E-state index contributed by atoms with van der Waals surface area (Å²) in [5, 5.41) is 3.36. The number of benzene rings is 1. The number of halogens is 1. The molecule has 1 aliphatic rings. The minimum absolute atomic E-state index is 0.130. The lowest BCUT2D eigenvalue weighted by molar-refractivity contribution is 0.516. The highest BCUT2D eigenvalue weighted by Gasteiger charge is 2.20. The maximum atomic E-state index is 13.2. The average Bonchev–Trinajstić information content (AvgIpc) is 2.69. The van der Waals surface area contributed by atoms with Crippen LogP contribution in [0.25, 0.3) is 0 Å². The summed E-state index contributed by atoms with van der Waals surface area (Å²) in [4.78, 5) is 2.31. The Labute approximate surface area is 103 Å². The molecule has 0 radical (unpaired) electrons. The number of anilines is 1. The molecule has 1 atom stereocenters. The molecule has 1 aromatic carbocycles. The molecule has 1 aliphatic heterocycles. The predicted octanol–water partition coefficient (Wildman–Crippen LogP) is 2.43. The number of rotatable bonds is 5. The number of fused-ring (bicyclic) bond motifs is 1. The monoisotopic (exact) mass is 236 g/mol. The Bertz CT molecular complexity index is 378. The first-order valence-corrected chi connectivity index (χ1v) is 6.44. The lowest BCUT2D eigenvalue weighted by Crippen LogP contribution is -2.32. The maximum Gasteiger partial charge on any atom is 0.125 e. The van der Waals surface area contributed by atoms with Gasteiger partial charge in [-0.2, -0.15) is 0 Å². The summed E-state index contributed by atoms with van der Waals surface area (Å²) in [6.07, 6.45) is 1.05. The Balaban J connectivity index is 1.99. The molecular formula is C14H21FN2. The van der Waals surface area contributed by atoms with Gasteiger partial charge in [-0.3, -0.25) is 0 Å². The van der Waals surface area contributed by atoms with Gasteiger partial charge in [-0.25, -0.2) is 4.39 Å². The van der Waals surface area contributed by atoms with Crippen LogP contribution in [-0.4, -0.2) is 26.2 Å². The van der Waals surface area contributed by atoms with Crippen LogP contribution in [0.3, 0.4) is 0 Å². The second kappa shape index (κ2) is 5.50. The molecule has 0 amide bonds. The van der Waals surface area contributed by atoms with E-state index in [1.54, 1.807) is 12.1 Å². The van der Waals surface area contributed by atoms with Crippen molar-refractivity contribution in [3.8, 4) is 0 Å². The number of hydrogen-bond donors (Lipinski definition) is 1. The van der Waals surface area contributed by atoms with Gasteiger partial charge in [-0.05, 0) is 43.1 Å². The summed E-state index contributed by atoms with van der Waals surface area (Å²) in [7, 11) is 0. The van der Waals surface area contributed by atoms with E-state index in [9.17, 15) is 4.39 Å². The van der Waals surface area contributed by atoms with Crippen LogP contribution in [0.4, 0.5) is 10.1 Å². The van der Waals surface area contributed by atoms with Crippen molar-refractivity contribution >= 4 is 5.69 Å². The van der Waals surface area contributed by atoms with Crippen LogP contribution < -0.4 is 10.2 Å². The van der Waals surface area contributed by atoms with Gasteiger partial charge in [-0.1, -0.05) is 19.9 Å². The quantitative estimate of drug-likeness (QED) is 0.844. The summed E-state index contributed by atoms with van der Waals surface area (Å²) < 4.78 is 13.2. The fourth-order valence-corrected chi connectivity index (χ4v) is 2.44. The molecule has 0 fully saturated rings. The van der Waals surface area contributed by atoms with E-state index in [-0.39, 0.29) is 5.82 Å². The molecule has 2 rings (SSSR count). The summed E-state index contributed by atoms with van der Waals surface area (Å²) in [5.41, 5.74) is 2.37. The largest absolute Gasteiger partial charge is 0.371 e. The van der Waals surface area contributed by atoms with Crippen molar-refractivity contribution in [2.24, 2.45) is 5.92 Å². The van der Waals surface area contributed by atoms with Crippen molar-refractivity contribution in [2.75, 3.05) is 31.1 Å². The van der Waals surface area contributed by atoms with Gasteiger partial charge in [0.1, 0.15) is 5.82 Å². The van der Waals surface area contributed by atoms with Gasteiger partial charge in [-0.15, -0.1) is 0 Å². The van der Waals surface area contributed by atoms with Gasteiger partial charge in [0.15, 0.2) is 0 Å². The van der Waals surface area contributed by atoms with Crippen LogP contribution >= 0.6 is 0 Å². The maximum absolute atomic E-state index is 13.2. The molecule has 0 aromatic heterocycles. The molecule has 0 aliphatic carbocycles. The Kier molecular flexibility index (Phi) is 4.00.